The summed E-state index contributed by atoms with van der Waals surface area (Å²) in [5, 5.41) is 7.09. The van der Waals surface area contributed by atoms with E-state index in [1.54, 1.807) is 20.8 Å². The van der Waals surface area contributed by atoms with E-state index in [1.165, 1.54) is 6.92 Å². The number of ether oxygens (including phenoxy) is 1. The van der Waals surface area contributed by atoms with E-state index in [0.29, 0.717) is 6.42 Å². The average Bonchev–Trinajstić information content (AvgIpc) is 2.75. The molecule has 0 aromatic rings. The molecule has 10 heteroatoms. The third-order valence-corrected chi connectivity index (χ3v) is 4.00. The van der Waals surface area contributed by atoms with Gasteiger partial charge in [-0.2, -0.15) is 0 Å². The highest BCUT2D eigenvalue weighted by molar-refractivity contribution is 6.08. The van der Waals surface area contributed by atoms with E-state index in [-0.39, 0.29) is 6.04 Å². The molecule has 1 fully saturated rings. The lowest BCUT2D eigenvalue weighted by Crippen LogP contribution is -2.47. The molecule has 27 heavy (non-hydrogen) atoms. The monoisotopic (exact) mass is 384 g/mol. The van der Waals surface area contributed by atoms with E-state index >= 15 is 0 Å². The molecule has 1 heterocycles. The minimum absolute atomic E-state index is 0.169. The Labute approximate surface area is 158 Å². The molecule has 0 bridgehead atoms. The molecule has 0 unspecified atom stereocenters. The van der Waals surface area contributed by atoms with Gasteiger partial charge in [0.2, 0.25) is 0 Å². The van der Waals surface area contributed by atoms with Gasteiger partial charge in [-0.3, -0.25) is 24.6 Å². The third kappa shape index (κ3) is 6.22. The van der Waals surface area contributed by atoms with Crippen LogP contribution in [0.25, 0.3) is 0 Å². The van der Waals surface area contributed by atoms with Crippen LogP contribution in [0.1, 0.15) is 53.9 Å². The topological polar surface area (TPSA) is 134 Å². The van der Waals surface area contributed by atoms with Crippen LogP contribution in [0.4, 0.5) is 9.59 Å². The molecule has 0 aromatic carbocycles. The first-order valence-corrected chi connectivity index (χ1v) is 8.95. The van der Waals surface area contributed by atoms with Gasteiger partial charge in [0, 0.05) is 6.04 Å². The molecule has 1 rings (SSSR count). The number of hydrogen-bond acceptors (Lipinski definition) is 6. The van der Waals surface area contributed by atoms with Gasteiger partial charge in [0.15, 0.2) is 6.10 Å². The number of nitrogens with one attached hydrogen (secondary N) is 3. The molecule has 0 aromatic heterocycles. The molecule has 10 nitrogen and oxygen atoms in total. The summed E-state index contributed by atoms with van der Waals surface area (Å²) in [6.45, 7) is 7.69. The Bertz CT molecular complexity index is 621. The van der Waals surface area contributed by atoms with Gasteiger partial charge in [-0.25, -0.2) is 9.59 Å². The minimum atomic E-state index is -1.26. The van der Waals surface area contributed by atoms with Crippen LogP contribution < -0.4 is 16.0 Å². The lowest BCUT2D eigenvalue weighted by Gasteiger charge is -2.21. The molecule has 152 valence electrons. The maximum Gasteiger partial charge on any atom is 0.327 e. The quantitative estimate of drug-likeness (QED) is 0.416. The second-order valence-electron chi connectivity index (χ2n) is 7.01. The van der Waals surface area contributed by atoms with Crippen LogP contribution in [-0.4, -0.2) is 59.0 Å². The Morgan fingerprint density at radius 3 is 2.41 bits per heavy atom. The van der Waals surface area contributed by atoms with E-state index < -0.39 is 48.0 Å². The summed E-state index contributed by atoms with van der Waals surface area (Å²) in [6.07, 6.45) is 0.806. The number of rotatable bonds is 8. The normalized spacial score (nSPS) is 20.3. The second kappa shape index (κ2) is 9.33. The van der Waals surface area contributed by atoms with Crippen molar-refractivity contribution in [1.29, 1.82) is 0 Å². The zero-order chi connectivity index (χ0) is 20.8. The highest BCUT2D eigenvalue weighted by atomic mass is 16.5. The molecule has 3 N–H and O–H groups in total. The molecule has 0 aliphatic carbocycles. The van der Waals surface area contributed by atoms with Crippen LogP contribution in [0.3, 0.4) is 0 Å². The maximum atomic E-state index is 12.4. The molecule has 1 aliphatic rings. The molecular weight excluding hydrogens is 356 g/mol. The summed E-state index contributed by atoms with van der Waals surface area (Å²) in [4.78, 5) is 60.6. The first-order valence-electron chi connectivity index (χ1n) is 8.95. The maximum absolute atomic E-state index is 12.4. The summed E-state index contributed by atoms with van der Waals surface area (Å²) in [5.74, 6) is -2.25. The van der Waals surface area contributed by atoms with Crippen LogP contribution in [0.15, 0.2) is 0 Å². The molecule has 6 amide bonds. The lowest BCUT2D eigenvalue weighted by atomic mass is 9.95. The van der Waals surface area contributed by atoms with Gasteiger partial charge in [0.1, 0.15) is 12.1 Å². The van der Waals surface area contributed by atoms with Crippen molar-refractivity contribution in [3.8, 4) is 0 Å². The predicted octanol–water partition coefficient (Wildman–Crippen LogP) is 0.653. The van der Waals surface area contributed by atoms with E-state index in [0.717, 1.165) is 17.7 Å². The Kier molecular flexibility index (Phi) is 7.74. The van der Waals surface area contributed by atoms with Gasteiger partial charge in [-0.05, 0) is 34.1 Å². The fraction of sp³-hybridized carbons (Fsp3) is 0.706. The third-order valence-electron chi connectivity index (χ3n) is 4.00. The Hall–Kier alpha value is -2.65. The summed E-state index contributed by atoms with van der Waals surface area (Å²) in [6, 6.07) is -1.56. The molecule has 0 spiro atoms. The van der Waals surface area contributed by atoms with Crippen molar-refractivity contribution < 1.29 is 28.7 Å². The number of carbonyl (C=O) groups is 5. The Morgan fingerprint density at radius 1 is 1.22 bits per heavy atom. The number of imide groups is 2. The van der Waals surface area contributed by atoms with Gasteiger partial charge in [-0.15, -0.1) is 0 Å². The molecule has 0 radical (unpaired) electrons. The highest BCUT2D eigenvalue weighted by Crippen LogP contribution is 2.23. The van der Waals surface area contributed by atoms with Crippen LogP contribution in [0.5, 0.6) is 0 Å². The van der Waals surface area contributed by atoms with Crippen molar-refractivity contribution in [2.24, 2.45) is 0 Å². The molecule has 1 saturated heterocycles. The smallest absolute Gasteiger partial charge is 0.327 e. The summed E-state index contributed by atoms with van der Waals surface area (Å²) in [5.41, 5.74) is -1.05. The Morgan fingerprint density at radius 2 is 1.85 bits per heavy atom. The summed E-state index contributed by atoms with van der Waals surface area (Å²) >= 11 is 0. The number of urea groups is 2. The highest BCUT2D eigenvalue weighted by Gasteiger charge is 2.48. The van der Waals surface area contributed by atoms with E-state index in [1.807, 2.05) is 12.2 Å². The number of amides is 6. The summed E-state index contributed by atoms with van der Waals surface area (Å²) in [7, 11) is 0. The fourth-order valence-electron chi connectivity index (χ4n) is 2.52. The molecular formula is C17H28N4O6. The fourth-order valence-corrected chi connectivity index (χ4v) is 2.52. The number of unbranched alkanes of at least 4 members (excludes halogenated alkanes) is 1. The van der Waals surface area contributed by atoms with Gasteiger partial charge in [0.25, 0.3) is 11.8 Å². The zero-order valence-electron chi connectivity index (χ0n) is 16.4. The van der Waals surface area contributed by atoms with Crippen LogP contribution in [-0.2, 0) is 19.1 Å². The van der Waals surface area contributed by atoms with E-state index in [2.05, 4.69) is 10.6 Å². The predicted molar refractivity (Wildman–Crippen MR) is 95.5 cm³/mol. The van der Waals surface area contributed by atoms with Gasteiger partial charge in [0.05, 0.1) is 0 Å². The van der Waals surface area contributed by atoms with E-state index in [4.69, 9.17) is 4.74 Å². The van der Waals surface area contributed by atoms with Gasteiger partial charge < -0.3 is 15.4 Å². The SMILES string of the molecule is CCCC[C@@]1(C)NC(=O)N(CC(=O)O[C@H](C)C(=O)NC(=O)NC(C)C)C1=O. The lowest BCUT2D eigenvalue weighted by molar-refractivity contribution is -0.156. The minimum Gasteiger partial charge on any atom is -0.451 e. The molecule has 2 atom stereocenters. The largest absolute Gasteiger partial charge is 0.451 e. The van der Waals surface area contributed by atoms with Crippen LogP contribution in [0, 0.1) is 0 Å². The van der Waals surface area contributed by atoms with Crippen molar-refractivity contribution >= 4 is 29.8 Å². The van der Waals surface area contributed by atoms with Crippen LogP contribution >= 0.6 is 0 Å². The first kappa shape index (κ1) is 22.4. The number of esters is 1. The summed E-state index contributed by atoms with van der Waals surface area (Å²) < 4.78 is 4.92. The van der Waals surface area contributed by atoms with Crippen molar-refractivity contribution in [2.45, 2.75) is 71.6 Å². The number of carbonyl (C=O) groups excluding carboxylic acids is 5. The van der Waals surface area contributed by atoms with Crippen molar-refractivity contribution in [2.75, 3.05) is 6.54 Å². The Balaban J connectivity index is 2.58. The zero-order valence-corrected chi connectivity index (χ0v) is 16.4. The van der Waals surface area contributed by atoms with Gasteiger partial charge in [-0.1, -0.05) is 19.8 Å². The molecule has 0 saturated carbocycles. The van der Waals surface area contributed by atoms with Crippen LogP contribution in [0.2, 0.25) is 0 Å². The average molecular weight is 384 g/mol. The van der Waals surface area contributed by atoms with Gasteiger partial charge >= 0.3 is 18.0 Å². The standard InChI is InChI=1S/C17H28N4O6/c1-6-7-8-17(5)14(24)21(16(26)20-17)9-12(22)27-11(4)13(23)19-15(25)18-10(2)3/h10-11H,6-9H2,1-5H3,(H,20,26)(H2,18,19,23,25)/t11-,17-/m1/s1. The first-order chi connectivity index (χ1) is 12.5. The number of hydrogen-bond donors (Lipinski definition) is 3. The second-order valence-corrected chi connectivity index (χ2v) is 7.01. The molecule has 1 aliphatic heterocycles. The van der Waals surface area contributed by atoms with E-state index in [9.17, 15) is 24.0 Å². The van der Waals surface area contributed by atoms with Crippen molar-refractivity contribution in [3.05, 3.63) is 0 Å². The van der Waals surface area contributed by atoms with Crippen molar-refractivity contribution in [1.82, 2.24) is 20.9 Å². The van der Waals surface area contributed by atoms with Crippen molar-refractivity contribution in [3.63, 3.8) is 0 Å². The number of nitrogens with zero attached hydrogens (tertiary/aromatic N) is 1.